The SMILES string of the molecule is O=c1cc(N2CCN(c3ccccc3F)CC2)[nH]c(=O)n1-c1ccccc1Cl. The summed E-state index contributed by atoms with van der Waals surface area (Å²) in [5.41, 5.74) is -0.105. The smallest absolute Gasteiger partial charge is 0.334 e. The molecule has 0 bridgehead atoms. The second-order valence-corrected chi connectivity index (χ2v) is 6.92. The molecular formula is C20H18ClFN4O2. The molecule has 0 saturated carbocycles. The van der Waals surface area contributed by atoms with Crippen LogP contribution < -0.4 is 21.0 Å². The fraction of sp³-hybridized carbons (Fsp3) is 0.200. The highest BCUT2D eigenvalue weighted by Gasteiger charge is 2.21. The molecule has 1 aliphatic heterocycles. The molecule has 1 aliphatic rings. The summed E-state index contributed by atoms with van der Waals surface area (Å²) in [5, 5.41) is 0.321. The second-order valence-electron chi connectivity index (χ2n) is 6.51. The first-order valence-corrected chi connectivity index (χ1v) is 9.28. The third kappa shape index (κ3) is 3.41. The van der Waals surface area contributed by atoms with E-state index in [9.17, 15) is 14.0 Å². The highest BCUT2D eigenvalue weighted by molar-refractivity contribution is 6.32. The molecule has 4 rings (SSSR count). The molecule has 0 spiro atoms. The van der Waals surface area contributed by atoms with Crippen LogP contribution in [-0.2, 0) is 0 Å². The van der Waals surface area contributed by atoms with Crippen molar-refractivity contribution < 1.29 is 4.39 Å². The van der Waals surface area contributed by atoms with E-state index in [1.54, 1.807) is 42.5 Å². The largest absolute Gasteiger partial charge is 0.366 e. The van der Waals surface area contributed by atoms with Gasteiger partial charge in [0.15, 0.2) is 0 Å². The van der Waals surface area contributed by atoms with Gasteiger partial charge in [0, 0.05) is 32.2 Å². The quantitative estimate of drug-likeness (QED) is 0.734. The van der Waals surface area contributed by atoms with Gasteiger partial charge in [0.05, 0.1) is 16.4 Å². The van der Waals surface area contributed by atoms with Gasteiger partial charge in [-0.05, 0) is 24.3 Å². The van der Waals surface area contributed by atoms with Crippen LogP contribution in [0.15, 0.2) is 64.2 Å². The van der Waals surface area contributed by atoms with Gasteiger partial charge in [-0.1, -0.05) is 35.9 Å². The van der Waals surface area contributed by atoms with Crippen LogP contribution in [0.1, 0.15) is 0 Å². The van der Waals surface area contributed by atoms with Gasteiger partial charge in [0.25, 0.3) is 5.56 Å². The molecule has 1 N–H and O–H groups in total. The van der Waals surface area contributed by atoms with Crippen LogP contribution in [-0.4, -0.2) is 35.7 Å². The lowest BCUT2D eigenvalue weighted by molar-refractivity contribution is 0.595. The average Bonchev–Trinajstić information content (AvgIpc) is 2.69. The van der Waals surface area contributed by atoms with E-state index >= 15 is 0 Å². The minimum atomic E-state index is -0.549. The molecule has 6 nitrogen and oxygen atoms in total. The predicted molar refractivity (Wildman–Crippen MR) is 108 cm³/mol. The van der Waals surface area contributed by atoms with E-state index in [1.165, 1.54) is 12.1 Å². The standard InChI is InChI=1S/C20H18ClFN4O2/c21-14-5-1-3-7-16(14)26-19(27)13-18(23-20(26)28)25-11-9-24(10-12-25)17-8-4-2-6-15(17)22/h1-8,13H,9-12H2,(H,23,28). The van der Waals surface area contributed by atoms with Gasteiger partial charge in [-0.2, -0.15) is 0 Å². The molecule has 0 unspecified atom stereocenters. The molecular weight excluding hydrogens is 383 g/mol. The lowest BCUT2D eigenvalue weighted by Gasteiger charge is -2.37. The number of para-hydroxylation sites is 2. The Bertz CT molecular complexity index is 1090. The first kappa shape index (κ1) is 18.3. The van der Waals surface area contributed by atoms with Gasteiger partial charge in [-0.25, -0.2) is 13.8 Å². The zero-order chi connectivity index (χ0) is 19.7. The van der Waals surface area contributed by atoms with Crippen molar-refractivity contribution in [3.8, 4) is 5.69 Å². The maximum absolute atomic E-state index is 14.0. The zero-order valence-electron chi connectivity index (χ0n) is 14.9. The second kappa shape index (κ2) is 7.52. The van der Waals surface area contributed by atoms with Crippen LogP contribution >= 0.6 is 11.6 Å². The molecule has 0 amide bonds. The Balaban J connectivity index is 1.57. The van der Waals surface area contributed by atoms with Crippen molar-refractivity contribution in [1.29, 1.82) is 0 Å². The number of halogens is 2. The predicted octanol–water partition coefficient (Wildman–Crippen LogP) is 2.64. The average molecular weight is 401 g/mol. The fourth-order valence-corrected chi connectivity index (χ4v) is 3.63. The molecule has 144 valence electrons. The van der Waals surface area contributed by atoms with E-state index in [0.717, 1.165) is 4.57 Å². The molecule has 0 aliphatic carbocycles. The summed E-state index contributed by atoms with van der Waals surface area (Å²) >= 11 is 6.12. The number of rotatable bonds is 3. The maximum Gasteiger partial charge on any atom is 0.334 e. The number of piperazine rings is 1. The highest BCUT2D eigenvalue weighted by atomic mass is 35.5. The summed E-state index contributed by atoms with van der Waals surface area (Å²) in [6.07, 6.45) is 0. The first-order valence-electron chi connectivity index (χ1n) is 8.90. The summed E-state index contributed by atoms with van der Waals surface area (Å²) in [5.74, 6) is 0.193. The molecule has 3 aromatic rings. The Kier molecular flexibility index (Phi) is 4.92. The van der Waals surface area contributed by atoms with Crippen LogP contribution in [0, 0.1) is 5.82 Å². The van der Waals surface area contributed by atoms with Crippen LogP contribution in [0.5, 0.6) is 0 Å². The minimum absolute atomic E-state index is 0.258. The Morgan fingerprint density at radius 3 is 2.11 bits per heavy atom. The molecule has 8 heteroatoms. The topological polar surface area (TPSA) is 61.3 Å². The van der Waals surface area contributed by atoms with Crippen LogP contribution in [0.3, 0.4) is 0 Å². The van der Waals surface area contributed by atoms with Crippen LogP contribution in [0.4, 0.5) is 15.9 Å². The Morgan fingerprint density at radius 1 is 0.857 bits per heavy atom. The fourth-order valence-electron chi connectivity index (χ4n) is 3.41. The number of nitrogens with one attached hydrogen (secondary N) is 1. The van der Waals surface area contributed by atoms with Crippen LogP contribution in [0.25, 0.3) is 5.69 Å². The van der Waals surface area contributed by atoms with Gasteiger partial charge >= 0.3 is 5.69 Å². The molecule has 0 radical (unpaired) electrons. The summed E-state index contributed by atoms with van der Waals surface area (Å²) in [6, 6.07) is 14.7. The third-order valence-electron chi connectivity index (χ3n) is 4.83. The minimum Gasteiger partial charge on any atom is -0.366 e. The molecule has 0 atom stereocenters. The van der Waals surface area contributed by atoms with E-state index in [1.807, 2.05) is 9.80 Å². The summed E-state index contributed by atoms with van der Waals surface area (Å²) in [4.78, 5) is 31.8. The normalized spacial score (nSPS) is 14.4. The number of hydrogen-bond donors (Lipinski definition) is 1. The van der Waals surface area contributed by atoms with E-state index in [0.29, 0.717) is 48.4 Å². The Labute approximate surface area is 165 Å². The van der Waals surface area contributed by atoms with Crippen molar-refractivity contribution in [2.45, 2.75) is 0 Å². The van der Waals surface area contributed by atoms with Gasteiger partial charge in [0.2, 0.25) is 0 Å². The summed E-state index contributed by atoms with van der Waals surface area (Å²) in [7, 11) is 0. The molecule has 2 heterocycles. The molecule has 1 fully saturated rings. The summed E-state index contributed by atoms with van der Waals surface area (Å²) < 4.78 is 15.0. The highest BCUT2D eigenvalue weighted by Crippen LogP contribution is 2.22. The van der Waals surface area contributed by atoms with E-state index in [4.69, 9.17) is 11.6 Å². The van der Waals surface area contributed by atoms with Crippen molar-refractivity contribution in [3.63, 3.8) is 0 Å². The van der Waals surface area contributed by atoms with E-state index in [-0.39, 0.29) is 5.82 Å². The van der Waals surface area contributed by atoms with Crippen molar-refractivity contribution in [2.75, 3.05) is 36.0 Å². The van der Waals surface area contributed by atoms with Gasteiger partial charge < -0.3 is 9.80 Å². The van der Waals surface area contributed by atoms with Crippen LogP contribution in [0.2, 0.25) is 5.02 Å². The number of H-pyrrole nitrogens is 1. The number of benzene rings is 2. The van der Waals surface area contributed by atoms with Crippen molar-refractivity contribution in [1.82, 2.24) is 9.55 Å². The molecule has 2 aromatic carbocycles. The van der Waals surface area contributed by atoms with Crippen molar-refractivity contribution in [3.05, 3.63) is 86.3 Å². The summed E-state index contributed by atoms with van der Waals surface area (Å²) in [6.45, 7) is 2.27. The molecule has 1 saturated heterocycles. The lowest BCUT2D eigenvalue weighted by Crippen LogP contribution is -2.48. The third-order valence-corrected chi connectivity index (χ3v) is 5.15. The Hall–Kier alpha value is -3.06. The number of nitrogens with zero attached hydrogens (tertiary/aromatic N) is 3. The number of aromatic nitrogens is 2. The number of aromatic amines is 1. The van der Waals surface area contributed by atoms with E-state index in [2.05, 4.69) is 4.98 Å². The zero-order valence-corrected chi connectivity index (χ0v) is 15.7. The van der Waals surface area contributed by atoms with Gasteiger partial charge in [-0.15, -0.1) is 0 Å². The molecule has 1 aromatic heterocycles. The monoisotopic (exact) mass is 400 g/mol. The lowest BCUT2D eigenvalue weighted by atomic mass is 10.2. The number of anilines is 2. The number of hydrogen-bond acceptors (Lipinski definition) is 4. The van der Waals surface area contributed by atoms with Crippen molar-refractivity contribution >= 4 is 23.1 Å². The van der Waals surface area contributed by atoms with Gasteiger partial charge in [0.1, 0.15) is 11.6 Å². The maximum atomic E-state index is 14.0. The van der Waals surface area contributed by atoms with E-state index < -0.39 is 11.2 Å². The molecule has 28 heavy (non-hydrogen) atoms. The Morgan fingerprint density at radius 2 is 1.46 bits per heavy atom. The first-order chi connectivity index (χ1) is 13.5. The van der Waals surface area contributed by atoms with Crippen molar-refractivity contribution in [2.24, 2.45) is 0 Å². The van der Waals surface area contributed by atoms with Gasteiger partial charge in [-0.3, -0.25) is 9.78 Å².